The summed E-state index contributed by atoms with van der Waals surface area (Å²) in [6.07, 6.45) is 4.43. The summed E-state index contributed by atoms with van der Waals surface area (Å²) in [7, 11) is 0. The van der Waals surface area contributed by atoms with Gasteiger partial charge in [0.05, 0.1) is 12.2 Å². The molecule has 1 fully saturated rings. The molecule has 5 heteroatoms. The summed E-state index contributed by atoms with van der Waals surface area (Å²) in [6, 6.07) is 9.18. The predicted molar refractivity (Wildman–Crippen MR) is 75.6 cm³/mol. The van der Waals surface area contributed by atoms with Crippen molar-refractivity contribution in [3.63, 3.8) is 0 Å². The first-order valence-corrected chi connectivity index (χ1v) is 7.17. The van der Waals surface area contributed by atoms with E-state index in [1.165, 1.54) is 0 Å². The van der Waals surface area contributed by atoms with E-state index in [1.54, 1.807) is 12.1 Å². The summed E-state index contributed by atoms with van der Waals surface area (Å²) >= 11 is 0. The van der Waals surface area contributed by atoms with E-state index in [0.717, 1.165) is 25.7 Å². The molecule has 0 aliphatic heterocycles. The molecule has 0 amide bonds. The molecule has 1 aliphatic carbocycles. The van der Waals surface area contributed by atoms with Gasteiger partial charge in [-0.3, -0.25) is 4.79 Å². The minimum absolute atomic E-state index is 0.0539. The molecular weight excluding hydrogens is 268 g/mol. The number of para-hydroxylation sites is 2. The molecule has 2 aromatic rings. The van der Waals surface area contributed by atoms with E-state index in [1.807, 2.05) is 18.2 Å². The van der Waals surface area contributed by atoms with Crippen molar-refractivity contribution in [2.75, 3.05) is 6.61 Å². The number of benzene rings is 1. The second-order valence-electron chi connectivity index (χ2n) is 5.27. The average Bonchev–Trinajstić information content (AvgIpc) is 3.15. The first kappa shape index (κ1) is 13.8. The third-order valence-corrected chi connectivity index (χ3v) is 3.77. The van der Waals surface area contributed by atoms with Crippen LogP contribution in [0.2, 0.25) is 0 Å². The van der Waals surface area contributed by atoms with Crippen molar-refractivity contribution in [1.82, 2.24) is 4.98 Å². The van der Waals surface area contributed by atoms with Crippen LogP contribution >= 0.6 is 0 Å². The van der Waals surface area contributed by atoms with E-state index in [0.29, 0.717) is 11.1 Å². The fourth-order valence-corrected chi connectivity index (χ4v) is 2.62. The van der Waals surface area contributed by atoms with E-state index in [2.05, 4.69) is 4.98 Å². The summed E-state index contributed by atoms with van der Waals surface area (Å²) in [4.78, 5) is 16.4. The van der Waals surface area contributed by atoms with Crippen LogP contribution in [0.3, 0.4) is 0 Å². The summed E-state index contributed by atoms with van der Waals surface area (Å²) in [5.41, 5.74) is 1.23. The Bertz CT molecular complexity index is 647. The van der Waals surface area contributed by atoms with Gasteiger partial charge in [-0.05, 0) is 25.0 Å². The van der Waals surface area contributed by atoms with Crippen LogP contribution in [0.1, 0.15) is 37.5 Å². The molecule has 1 saturated carbocycles. The van der Waals surface area contributed by atoms with Gasteiger partial charge in [0.2, 0.25) is 5.89 Å². The Labute approximate surface area is 122 Å². The third-order valence-electron chi connectivity index (χ3n) is 3.77. The number of carbonyl (C=O) groups is 1. The molecule has 21 heavy (non-hydrogen) atoms. The van der Waals surface area contributed by atoms with Crippen LogP contribution in [0, 0.1) is 11.3 Å². The van der Waals surface area contributed by atoms with Crippen molar-refractivity contribution >= 4 is 16.9 Å². The molecule has 1 aromatic heterocycles. The zero-order valence-electron chi connectivity index (χ0n) is 11.6. The van der Waals surface area contributed by atoms with Crippen LogP contribution in [0.25, 0.3) is 11.1 Å². The number of hydrogen-bond acceptors (Lipinski definition) is 5. The number of rotatable bonds is 5. The van der Waals surface area contributed by atoms with Crippen molar-refractivity contribution in [3.8, 4) is 6.07 Å². The predicted octanol–water partition coefficient (Wildman–Crippen LogP) is 2.96. The van der Waals surface area contributed by atoms with Crippen LogP contribution in [-0.4, -0.2) is 23.5 Å². The van der Waals surface area contributed by atoms with Gasteiger partial charge in [0.25, 0.3) is 0 Å². The van der Waals surface area contributed by atoms with E-state index in [4.69, 9.17) is 9.15 Å². The van der Waals surface area contributed by atoms with Crippen LogP contribution < -0.4 is 0 Å². The number of ketones is 1. The molecule has 0 radical (unpaired) electrons. The van der Waals surface area contributed by atoms with Gasteiger partial charge in [0.1, 0.15) is 12.1 Å². The maximum atomic E-state index is 12.2. The molecule has 3 rings (SSSR count). The Hall–Kier alpha value is -2.19. The number of fused-ring (bicyclic) bond motifs is 1. The van der Waals surface area contributed by atoms with Crippen molar-refractivity contribution in [2.45, 2.75) is 37.7 Å². The van der Waals surface area contributed by atoms with Gasteiger partial charge in [-0.15, -0.1) is 0 Å². The average molecular weight is 284 g/mol. The number of Topliss-reactive ketones (excluding diaryl/α,β-unsaturated/α-hetero) is 1. The van der Waals surface area contributed by atoms with Gasteiger partial charge >= 0.3 is 0 Å². The van der Waals surface area contributed by atoms with Crippen molar-refractivity contribution in [2.24, 2.45) is 0 Å². The molecule has 0 bridgehead atoms. The highest BCUT2D eigenvalue weighted by molar-refractivity contribution is 5.89. The second-order valence-corrected chi connectivity index (χ2v) is 5.27. The zero-order valence-corrected chi connectivity index (χ0v) is 11.6. The Morgan fingerprint density at radius 1 is 1.43 bits per heavy atom. The minimum Gasteiger partial charge on any atom is -0.439 e. The quantitative estimate of drug-likeness (QED) is 0.843. The standard InChI is InChI=1S/C16H16N2O3/c17-9-12(14(19)10-20-11-5-1-2-6-11)16-18-13-7-3-4-8-15(13)21-16/h3-4,7-8,11-12H,1-2,5-6,10H2/t12-/m0/s1. The van der Waals surface area contributed by atoms with Gasteiger partial charge in [-0.25, -0.2) is 4.98 Å². The van der Waals surface area contributed by atoms with E-state index >= 15 is 0 Å². The summed E-state index contributed by atoms with van der Waals surface area (Å²) in [5, 5.41) is 9.24. The largest absolute Gasteiger partial charge is 0.439 e. The highest BCUT2D eigenvalue weighted by atomic mass is 16.5. The van der Waals surface area contributed by atoms with Gasteiger partial charge in [0, 0.05) is 0 Å². The number of nitrogens with zero attached hydrogens (tertiary/aromatic N) is 2. The number of ether oxygens (including phenoxy) is 1. The molecular formula is C16H16N2O3. The van der Waals surface area contributed by atoms with Gasteiger partial charge < -0.3 is 9.15 Å². The summed E-state index contributed by atoms with van der Waals surface area (Å²) < 4.78 is 11.1. The van der Waals surface area contributed by atoms with Gasteiger partial charge in [-0.1, -0.05) is 25.0 Å². The number of carbonyl (C=O) groups excluding carboxylic acids is 1. The molecule has 108 valence electrons. The zero-order chi connectivity index (χ0) is 14.7. The van der Waals surface area contributed by atoms with E-state index < -0.39 is 5.92 Å². The first-order chi connectivity index (χ1) is 10.3. The van der Waals surface area contributed by atoms with Crippen LogP contribution in [0.15, 0.2) is 28.7 Å². The van der Waals surface area contributed by atoms with Crippen molar-refractivity contribution in [1.29, 1.82) is 5.26 Å². The maximum Gasteiger partial charge on any atom is 0.220 e. The van der Waals surface area contributed by atoms with Crippen LogP contribution in [0.5, 0.6) is 0 Å². The third kappa shape index (κ3) is 2.96. The molecule has 1 atom stereocenters. The molecule has 1 aromatic carbocycles. The lowest BCUT2D eigenvalue weighted by Gasteiger charge is -2.11. The number of hydrogen-bond donors (Lipinski definition) is 0. The minimum atomic E-state index is -1.00. The molecule has 0 saturated heterocycles. The van der Waals surface area contributed by atoms with E-state index in [9.17, 15) is 10.1 Å². The Kier molecular flexibility index (Phi) is 3.98. The van der Waals surface area contributed by atoms with Crippen molar-refractivity contribution in [3.05, 3.63) is 30.2 Å². The lowest BCUT2D eigenvalue weighted by molar-refractivity contribution is -0.126. The molecule has 1 heterocycles. The fraction of sp³-hybridized carbons (Fsp3) is 0.438. The molecule has 5 nitrogen and oxygen atoms in total. The summed E-state index contributed by atoms with van der Waals surface area (Å²) in [5.74, 6) is -1.14. The monoisotopic (exact) mass is 284 g/mol. The smallest absolute Gasteiger partial charge is 0.220 e. The summed E-state index contributed by atoms with van der Waals surface area (Å²) in [6.45, 7) is -0.0539. The highest BCUT2D eigenvalue weighted by Crippen LogP contribution is 2.24. The van der Waals surface area contributed by atoms with Gasteiger partial charge in [-0.2, -0.15) is 5.26 Å². The lowest BCUT2D eigenvalue weighted by atomic mass is 10.1. The fourth-order valence-electron chi connectivity index (χ4n) is 2.62. The highest BCUT2D eigenvalue weighted by Gasteiger charge is 2.27. The lowest BCUT2D eigenvalue weighted by Crippen LogP contribution is -2.21. The number of aromatic nitrogens is 1. The van der Waals surface area contributed by atoms with Crippen LogP contribution in [-0.2, 0) is 9.53 Å². The molecule has 0 spiro atoms. The number of nitriles is 1. The normalized spacial score (nSPS) is 16.9. The Morgan fingerprint density at radius 3 is 2.90 bits per heavy atom. The van der Waals surface area contributed by atoms with Crippen LogP contribution in [0.4, 0.5) is 0 Å². The molecule has 0 N–H and O–H groups in total. The Balaban J connectivity index is 1.71. The van der Waals surface area contributed by atoms with Crippen molar-refractivity contribution < 1.29 is 13.9 Å². The SMILES string of the molecule is N#C[C@@H](C(=O)COC1CCCC1)c1nc2ccccc2o1. The Morgan fingerprint density at radius 2 is 2.19 bits per heavy atom. The second kappa shape index (κ2) is 6.06. The van der Waals surface area contributed by atoms with E-state index in [-0.39, 0.29) is 24.4 Å². The maximum absolute atomic E-state index is 12.2. The number of oxazole rings is 1. The molecule has 0 unspecified atom stereocenters. The van der Waals surface area contributed by atoms with Gasteiger partial charge in [0.15, 0.2) is 17.3 Å². The first-order valence-electron chi connectivity index (χ1n) is 7.17. The molecule has 1 aliphatic rings. The topological polar surface area (TPSA) is 76.1 Å².